The molecule has 0 saturated heterocycles. The maximum Gasteiger partial charge on any atom is 0.178 e. The van der Waals surface area contributed by atoms with Crippen molar-refractivity contribution in [3.05, 3.63) is 78.2 Å². The summed E-state index contributed by atoms with van der Waals surface area (Å²) in [6.07, 6.45) is 6.33. The molecule has 0 saturated carbocycles. The van der Waals surface area contributed by atoms with Crippen LogP contribution >= 0.6 is 0 Å². The van der Waals surface area contributed by atoms with Gasteiger partial charge in [0, 0.05) is 25.0 Å². The van der Waals surface area contributed by atoms with Crippen LogP contribution in [0, 0.1) is 0 Å². The molecule has 1 aromatic carbocycles. The van der Waals surface area contributed by atoms with E-state index in [0.29, 0.717) is 5.82 Å². The summed E-state index contributed by atoms with van der Waals surface area (Å²) in [4.78, 5) is 13.0. The lowest BCUT2D eigenvalue weighted by molar-refractivity contribution is 1.06. The predicted molar refractivity (Wildman–Crippen MR) is 74.5 cm³/mol. The van der Waals surface area contributed by atoms with E-state index < -0.39 is 0 Å². The highest BCUT2D eigenvalue weighted by atomic mass is 14.9. The average Bonchev–Trinajstić information content (AvgIpc) is 2.50. The van der Waals surface area contributed by atoms with Crippen molar-refractivity contribution in [2.24, 2.45) is 0 Å². The van der Waals surface area contributed by atoms with Gasteiger partial charge < -0.3 is 0 Å². The van der Waals surface area contributed by atoms with Gasteiger partial charge in [-0.05, 0) is 23.3 Å². The van der Waals surface area contributed by atoms with Crippen LogP contribution in [0.3, 0.4) is 0 Å². The number of pyridine rings is 1. The van der Waals surface area contributed by atoms with Crippen LogP contribution in [-0.4, -0.2) is 15.0 Å². The van der Waals surface area contributed by atoms with Crippen molar-refractivity contribution in [3.8, 4) is 11.5 Å². The Labute approximate surface area is 112 Å². The van der Waals surface area contributed by atoms with Crippen molar-refractivity contribution in [3.63, 3.8) is 0 Å². The predicted octanol–water partition coefficient (Wildman–Crippen LogP) is 3.13. The van der Waals surface area contributed by atoms with Gasteiger partial charge in [-0.1, -0.05) is 36.4 Å². The third-order valence-corrected chi connectivity index (χ3v) is 2.85. The molecule has 3 heteroatoms. The zero-order valence-electron chi connectivity index (χ0n) is 10.4. The molecule has 0 atom stereocenters. The Hall–Kier alpha value is -2.55. The summed E-state index contributed by atoms with van der Waals surface area (Å²) in [6, 6.07) is 16.0. The molecule has 2 heterocycles. The van der Waals surface area contributed by atoms with Gasteiger partial charge in [-0.15, -0.1) is 0 Å². The molecular weight excluding hydrogens is 234 g/mol. The van der Waals surface area contributed by atoms with Crippen LogP contribution in [0.5, 0.6) is 0 Å². The van der Waals surface area contributed by atoms with Crippen molar-refractivity contribution >= 4 is 0 Å². The molecule has 0 aliphatic carbocycles. The van der Waals surface area contributed by atoms with Crippen molar-refractivity contribution in [2.75, 3.05) is 0 Å². The molecular formula is C16H13N3. The third-order valence-electron chi connectivity index (χ3n) is 2.85. The zero-order chi connectivity index (χ0) is 12.9. The second-order valence-corrected chi connectivity index (χ2v) is 4.29. The molecule has 0 N–H and O–H groups in total. The van der Waals surface area contributed by atoms with Crippen molar-refractivity contribution in [2.45, 2.75) is 6.42 Å². The van der Waals surface area contributed by atoms with E-state index in [0.717, 1.165) is 17.7 Å². The van der Waals surface area contributed by atoms with Gasteiger partial charge in [0.15, 0.2) is 5.82 Å². The second-order valence-electron chi connectivity index (χ2n) is 4.29. The first kappa shape index (κ1) is 11.5. The molecule has 2 aromatic heterocycles. The molecule has 92 valence electrons. The number of nitrogens with zero attached hydrogens (tertiary/aromatic N) is 3. The minimum Gasteiger partial charge on any atom is -0.253 e. The van der Waals surface area contributed by atoms with E-state index in [1.807, 2.05) is 48.8 Å². The van der Waals surface area contributed by atoms with Gasteiger partial charge >= 0.3 is 0 Å². The first-order valence-corrected chi connectivity index (χ1v) is 6.18. The molecule has 0 spiro atoms. The van der Waals surface area contributed by atoms with Gasteiger partial charge in [0.1, 0.15) is 5.69 Å². The van der Waals surface area contributed by atoms with E-state index in [2.05, 4.69) is 27.1 Å². The van der Waals surface area contributed by atoms with Crippen LogP contribution in [0.1, 0.15) is 11.1 Å². The average molecular weight is 247 g/mol. The van der Waals surface area contributed by atoms with E-state index >= 15 is 0 Å². The normalized spacial score (nSPS) is 10.3. The first-order valence-electron chi connectivity index (χ1n) is 6.18. The maximum atomic E-state index is 4.37. The summed E-state index contributed by atoms with van der Waals surface area (Å²) >= 11 is 0. The molecule has 0 bridgehead atoms. The molecule has 3 aromatic rings. The van der Waals surface area contributed by atoms with Crippen LogP contribution in [0.15, 0.2) is 67.1 Å². The summed E-state index contributed by atoms with van der Waals surface area (Å²) in [7, 11) is 0. The van der Waals surface area contributed by atoms with Gasteiger partial charge in [-0.25, -0.2) is 9.97 Å². The smallest absolute Gasteiger partial charge is 0.178 e. The number of benzene rings is 1. The maximum absolute atomic E-state index is 4.37. The Balaban J connectivity index is 1.80. The number of hydrogen-bond acceptors (Lipinski definition) is 3. The monoisotopic (exact) mass is 247 g/mol. The molecule has 0 amide bonds. The van der Waals surface area contributed by atoms with Gasteiger partial charge in [0.25, 0.3) is 0 Å². The SMILES string of the molecule is c1ccc(Cc2cnc(-c3ccccn3)nc2)cc1. The Morgan fingerprint density at radius 1 is 0.684 bits per heavy atom. The Morgan fingerprint density at radius 2 is 1.42 bits per heavy atom. The van der Waals surface area contributed by atoms with Gasteiger partial charge in [0.05, 0.1) is 0 Å². The van der Waals surface area contributed by atoms with E-state index in [1.54, 1.807) is 6.20 Å². The summed E-state index contributed by atoms with van der Waals surface area (Å²) in [5.74, 6) is 0.664. The summed E-state index contributed by atoms with van der Waals surface area (Å²) < 4.78 is 0. The summed E-state index contributed by atoms with van der Waals surface area (Å²) in [5.41, 5.74) is 3.16. The quantitative estimate of drug-likeness (QED) is 0.713. The fraction of sp³-hybridized carbons (Fsp3) is 0.0625. The Morgan fingerprint density at radius 3 is 2.11 bits per heavy atom. The van der Waals surface area contributed by atoms with E-state index in [1.165, 1.54) is 5.56 Å². The third kappa shape index (κ3) is 2.83. The highest BCUT2D eigenvalue weighted by molar-refractivity contribution is 5.47. The minimum absolute atomic E-state index is 0.664. The van der Waals surface area contributed by atoms with Crippen molar-refractivity contribution in [1.29, 1.82) is 0 Å². The highest BCUT2D eigenvalue weighted by Crippen LogP contribution is 2.12. The number of hydrogen-bond donors (Lipinski definition) is 0. The number of aromatic nitrogens is 3. The van der Waals surface area contributed by atoms with Crippen LogP contribution in [0.25, 0.3) is 11.5 Å². The van der Waals surface area contributed by atoms with Crippen molar-refractivity contribution < 1.29 is 0 Å². The van der Waals surface area contributed by atoms with Crippen LogP contribution in [0.2, 0.25) is 0 Å². The molecule has 0 aliphatic heterocycles. The second kappa shape index (κ2) is 5.40. The van der Waals surface area contributed by atoms with Crippen LogP contribution in [-0.2, 0) is 6.42 Å². The Kier molecular flexibility index (Phi) is 3.28. The lowest BCUT2D eigenvalue weighted by Crippen LogP contribution is -1.95. The van der Waals surface area contributed by atoms with E-state index in [9.17, 15) is 0 Å². The number of rotatable bonds is 3. The molecule has 0 aliphatic rings. The largest absolute Gasteiger partial charge is 0.253 e. The molecule has 3 rings (SSSR count). The molecule has 0 radical (unpaired) electrons. The highest BCUT2D eigenvalue weighted by Gasteiger charge is 2.02. The molecule has 3 nitrogen and oxygen atoms in total. The van der Waals surface area contributed by atoms with Gasteiger partial charge in [-0.2, -0.15) is 0 Å². The van der Waals surface area contributed by atoms with Gasteiger partial charge in [-0.3, -0.25) is 4.98 Å². The topological polar surface area (TPSA) is 38.7 Å². The van der Waals surface area contributed by atoms with Gasteiger partial charge in [0.2, 0.25) is 0 Å². The van der Waals surface area contributed by atoms with Crippen LogP contribution < -0.4 is 0 Å². The lowest BCUT2D eigenvalue weighted by Gasteiger charge is -2.02. The Bertz CT molecular complexity index is 634. The van der Waals surface area contributed by atoms with Crippen LogP contribution in [0.4, 0.5) is 0 Å². The van der Waals surface area contributed by atoms with Crippen molar-refractivity contribution in [1.82, 2.24) is 15.0 Å². The minimum atomic E-state index is 0.664. The molecule has 0 unspecified atom stereocenters. The summed E-state index contributed by atoms with van der Waals surface area (Å²) in [5, 5.41) is 0. The zero-order valence-corrected chi connectivity index (χ0v) is 10.4. The standard InChI is InChI=1S/C16H13N3/c1-2-6-13(7-3-1)10-14-11-18-16(19-12-14)15-8-4-5-9-17-15/h1-9,11-12H,10H2. The van der Waals surface area contributed by atoms with E-state index in [-0.39, 0.29) is 0 Å². The first-order chi connectivity index (χ1) is 9.42. The fourth-order valence-corrected chi connectivity index (χ4v) is 1.90. The fourth-order valence-electron chi connectivity index (χ4n) is 1.90. The molecule has 0 fully saturated rings. The molecule has 19 heavy (non-hydrogen) atoms. The lowest BCUT2D eigenvalue weighted by atomic mass is 10.1. The summed E-state index contributed by atoms with van der Waals surface area (Å²) in [6.45, 7) is 0. The van der Waals surface area contributed by atoms with E-state index in [4.69, 9.17) is 0 Å².